The topological polar surface area (TPSA) is 77.0 Å². The average Bonchev–Trinajstić information content (AvgIpc) is 2.51. The molecule has 0 fully saturated rings. The average molecular weight is 289 g/mol. The van der Waals surface area contributed by atoms with Gasteiger partial charge < -0.3 is 9.47 Å². The van der Waals surface area contributed by atoms with E-state index in [0.29, 0.717) is 24.3 Å². The van der Waals surface area contributed by atoms with Gasteiger partial charge in [-0.15, -0.1) is 0 Å². The molecule has 1 N–H and O–H groups in total. The SMILES string of the molecule is C/C=C\CCOC(=O)c1ccccc1NN=[C+]C(=O)OC. The molecule has 0 unspecified atom stereocenters. The maximum atomic E-state index is 11.9. The van der Waals surface area contributed by atoms with Crippen molar-refractivity contribution in [3.05, 3.63) is 42.0 Å². The van der Waals surface area contributed by atoms with Gasteiger partial charge in [0, 0.05) is 0 Å². The molecule has 0 radical (unpaired) electrons. The summed E-state index contributed by atoms with van der Waals surface area (Å²) in [6, 6.07) is 6.69. The summed E-state index contributed by atoms with van der Waals surface area (Å²) in [7, 11) is 1.22. The van der Waals surface area contributed by atoms with Crippen LogP contribution in [0.2, 0.25) is 0 Å². The largest absolute Gasteiger partial charge is 0.619 e. The summed E-state index contributed by atoms with van der Waals surface area (Å²) in [6.45, 7) is 2.20. The van der Waals surface area contributed by atoms with Gasteiger partial charge in [-0.05, 0) is 25.5 Å². The molecule has 1 aromatic rings. The number of nitrogens with zero attached hydrogens (tertiary/aromatic N) is 1. The molecule has 0 bridgehead atoms. The molecular weight excluding hydrogens is 272 g/mol. The van der Waals surface area contributed by atoms with Crippen LogP contribution in [0, 0.1) is 0 Å². The number of anilines is 1. The van der Waals surface area contributed by atoms with Crippen molar-refractivity contribution in [1.29, 1.82) is 0 Å². The van der Waals surface area contributed by atoms with Gasteiger partial charge in [0.05, 0.1) is 30.1 Å². The third kappa shape index (κ3) is 5.84. The molecule has 0 aliphatic heterocycles. The van der Waals surface area contributed by atoms with Crippen LogP contribution in [-0.2, 0) is 14.3 Å². The number of carbonyl (C=O) groups is 2. The van der Waals surface area contributed by atoms with Crippen LogP contribution in [0.5, 0.6) is 0 Å². The van der Waals surface area contributed by atoms with Gasteiger partial charge in [-0.3, -0.25) is 0 Å². The second kappa shape index (κ2) is 9.23. The Labute approximate surface area is 123 Å². The van der Waals surface area contributed by atoms with Gasteiger partial charge in [0.15, 0.2) is 0 Å². The fourth-order valence-corrected chi connectivity index (χ4v) is 1.40. The predicted octanol–water partition coefficient (Wildman–Crippen LogP) is 2.26. The zero-order valence-corrected chi connectivity index (χ0v) is 12.0. The van der Waals surface area contributed by atoms with E-state index >= 15 is 0 Å². The highest BCUT2D eigenvalue weighted by atomic mass is 16.5. The Morgan fingerprint density at radius 3 is 2.86 bits per heavy atom. The summed E-state index contributed by atoms with van der Waals surface area (Å²) in [6.07, 6.45) is 6.56. The molecule has 0 aliphatic carbocycles. The van der Waals surface area contributed by atoms with Crippen LogP contribution >= 0.6 is 0 Å². The van der Waals surface area contributed by atoms with E-state index in [0.717, 1.165) is 0 Å². The molecule has 6 heteroatoms. The number of esters is 2. The molecule has 0 saturated carbocycles. The van der Waals surface area contributed by atoms with Crippen molar-refractivity contribution < 1.29 is 19.1 Å². The molecule has 21 heavy (non-hydrogen) atoms. The van der Waals surface area contributed by atoms with Crippen molar-refractivity contribution >= 4 is 23.8 Å². The van der Waals surface area contributed by atoms with Crippen LogP contribution < -0.4 is 5.43 Å². The minimum Gasteiger partial charge on any atom is -0.462 e. The molecule has 0 saturated heterocycles. The number of rotatable bonds is 7. The Morgan fingerprint density at radius 1 is 1.38 bits per heavy atom. The normalized spacial score (nSPS) is 10.4. The van der Waals surface area contributed by atoms with Gasteiger partial charge in [0.2, 0.25) is 0 Å². The molecule has 1 aromatic carbocycles. The van der Waals surface area contributed by atoms with E-state index in [2.05, 4.69) is 21.5 Å². The zero-order chi connectivity index (χ0) is 15.5. The van der Waals surface area contributed by atoms with E-state index < -0.39 is 11.9 Å². The van der Waals surface area contributed by atoms with Crippen LogP contribution in [0.4, 0.5) is 5.69 Å². The van der Waals surface area contributed by atoms with Crippen LogP contribution in [0.25, 0.3) is 0 Å². The number of hydrogen-bond donors (Lipinski definition) is 1. The summed E-state index contributed by atoms with van der Waals surface area (Å²) in [5, 5.41) is 3.57. The quantitative estimate of drug-likeness (QED) is 0.208. The lowest BCUT2D eigenvalue weighted by Crippen LogP contribution is -2.09. The fourth-order valence-electron chi connectivity index (χ4n) is 1.40. The van der Waals surface area contributed by atoms with Crippen molar-refractivity contribution in [2.24, 2.45) is 5.10 Å². The first-order chi connectivity index (χ1) is 10.2. The predicted molar refractivity (Wildman–Crippen MR) is 79.2 cm³/mol. The molecule has 0 spiro atoms. The summed E-state index contributed by atoms with van der Waals surface area (Å²) in [5.74, 6) is -1.18. The van der Waals surface area contributed by atoms with Gasteiger partial charge in [-0.2, -0.15) is 4.79 Å². The number of para-hydroxylation sites is 1. The third-order valence-corrected chi connectivity index (χ3v) is 2.41. The smallest absolute Gasteiger partial charge is 0.462 e. The standard InChI is InChI=1S/C15H16N2O4/c1-3-4-7-10-21-15(19)12-8-5-6-9-13(12)17-16-11-14(18)20-2/h3-6,8-9H,7,10H2,1-2H3/p+1/b4-3-. The van der Waals surface area contributed by atoms with E-state index in [1.807, 2.05) is 19.1 Å². The van der Waals surface area contributed by atoms with E-state index in [1.165, 1.54) is 7.11 Å². The van der Waals surface area contributed by atoms with E-state index in [-0.39, 0.29) is 0 Å². The number of hydrazone groups is 1. The van der Waals surface area contributed by atoms with Gasteiger partial charge in [-0.25, -0.2) is 10.2 Å². The van der Waals surface area contributed by atoms with Crippen LogP contribution in [0.15, 0.2) is 41.5 Å². The third-order valence-electron chi connectivity index (χ3n) is 2.41. The van der Waals surface area contributed by atoms with Crippen LogP contribution in [0.1, 0.15) is 23.7 Å². The van der Waals surface area contributed by atoms with Crippen molar-refractivity contribution in [1.82, 2.24) is 0 Å². The van der Waals surface area contributed by atoms with Gasteiger partial charge in [0.1, 0.15) is 0 Å². The molecule has 110 valence electrons. The molecule has 0 heterocycles. The highest BCUT2D eigenvalue weighted by molar-refractivity contribution is 6.23. The molecule has 0 atom stereocenters. The van der Waals surface area contributed by atoms with Crippen LogP contribution in [-0.4, -0.2) is 31.9 Å². The highest BCUT2D eigenvalue weighted by Gasteiger charge is 2.16. The Kier molecular flexibility index (Phi) is 7.18. The number of allylic oxidation sites excluding steroid dienone is 1. The molecule has 1 rings (SSSR count). The lowest BCUT2D eigenvalue weighted by Gasteiger charge is -2.06. The first-order valence-electron chi connectivity index (χ1n) is 6.36. The number of hydrogen-bond acceptors (Lipinski definition) is 6. The highest BCUT2D eigenvalue weighted by Crippen LogP contribution is 2.16. The monoisotopic (exact) mass is 289 g/mol. The van der Waals surface area contributed by atoms with Crippen molar-refractivity contribution in [3.8, 4) is 0 Å². The summed E-state index contributed by atoms with van der Waals surface area (Å²) >= 11 is 0. The van der Waals surface area contributed by atoms with Gasteiger partial charge in [0.25, 0.3) is 0 Å². The fraction of sp³-hybridized carbons (Fsp3) is 0.267. The van der Waals surface area contributed by atoms with Gasteiger partial charge in [-0.1, -0.05) is 24.3 Å². The summed E-state index contributed by atoms with van der Waals surface area (Å²) < 4.78 is 9.50. The Morgan fingerprint density at radius 2 is 2.14 bits per heavy atom. The summed E-state index contributed by atoms with van der Waals surface area (Å²) in [4.78, 5) is 22.8. The van der Waals surface area contributed by atoms with Crippen molar-refractivity contribution in [2.75, 3.05) is 19.1 Å². The lowest BCUT2D eigenvalue weighted by atomic mass is 10.2. The number of methoxy groups -OCH3 is 1. The number of nitrogens with one attached hydrogen (secondary N) is 1. The first kappa shape index (κ1) is 16.3. The summed E-state index contributed by atoms with van der Waals surface area (Å²) in [5.41, 5.74) is 3.31. The maximum Gasteiger partial charge on any atom is 0.619 e. The Bertz CT molecular complexity index is 538. The van der Waals surface area contributed by atoms with E-state index in [9.17, 15) is 9.59 Å². The Balaban J connectivity index is 2.67. The maximum absolute atomic E-state index is 11.9. The first-order valence-corrected chi connectivity index (χ1v) is 6.36. The molecular formula is C15H17N2O4+. The molecule has 0 aliphatic rings. The molecule has 0 aromatic heterocycles. The Hall–Kier alpha value is -2.72. The molecule has 0 amide bonds. The number of benzene rings is 1. The van der Waals surface area contributed by atoms with E-state index in [1.54, 1.807) is 24.3 Å². The van der Waals surface area contributed by atoms with E-state index in [4.69, 9.17) is 4.74 Å². The number of ether oxygens (including phenoxy) is 2. The lowest BCUT2D eigenvalue weighted by molar-refractivity contribution is -0.132. The second-order valence-corrected chi connectivity index (χ2v) is 3.87. The minimum atomic E-state index is -0.714. The van der Waals surface area contributed by atoms with Gasteiger partial charge >= 0.3 is 18.2 Å². The minimum absolute atomic E-state index is 0.301. The van der Waals surface area contributed by atoms with Crippen LogP contribution in [0.3, 0.4) is 0 Å². The second-order valence-electron chi connectivity index (χ2n) is 3.87. The number of carbonyl (C=O) groups excluding carboxylic acids is 2. The van der Waals surface area contributed by atoms with Crippen molar-refractivity contribution in [2.45, 2.75) is 13.3 Å². The zero-order valence-electron chi connectivity index (χ0n) is 12.0. The van der Waals surface area contributed by atoms with Crippen molar-refractivity contribution in [3.63, 3.8) is 0 Å². The molecule has 6 nitrogen and oxygen atoms in total.